The number of rotatable bonds is 5. The van der Waals surface area contributed by atoms with E-state index in [4.69, 9.17) is 4.74 Å². The molecule has 0 saturated carbocycles. The molecular weight excluding hydrogens is 265 g/mol. The molecule has 0 unspecified atom stereocenters. The van der Waals surface area contributed by atoms with Crippen molar-refractivity contribution in [2.75, 3.05) is 7.11 Å². The molecule has 0 amide bonds. The van der Waals surface area contributed by atoms with E-state index < -0.39 is 0 Å². The van der Waals surface area contributed by atoms with E-state index in [0.717, 1.165) is 22.4 Å². The predicted molar refractivity (Wildman–Crippen MR) is 85.1 cm³/mol. The van der Waals surface area contributed by atoms with Gasteiger partial charge >= 0.3 is 0 Å². The van der Waals surface area contributed by atoms with Crippen molar-refractivity contribution in [2.24, 2.45) is 0 Å². The molecular formula is C18H22FNO. The number of halogens is 1. The summed E-state index contributed by atoms with van der Waals surface area (Å²) in [5.74, 6) is 0.694. The van der Waals surface area contributed by atoms with E-state index in [0.29, 0.717) is 18.2 Å². The van der Waals surface area contributed by atoms with Gasteiger partial charge in [0.25, 0.3) is 0 Å². The van der Waals surface area contributed by atoms with Crippen LogP contribution < -0.4 is 10.1 Å². The minimum Gasteiger partial charge on any atom is -0.496 e. The molecule has 0 aliphatic heterocycles. The van der Waals surface area contributed by atoms with Crippen LogP contribution in [0.1, 0.15) is 25.0 Å². The van der Waals surface area contributed by atoms with Crippen LogP contribution in [0.5, 0.6) is 5.75 Å². The average Bonchev–Trinajstić information content (AvgIpc) is 2.46. The van der Waals surface area contributed by atoms with Gasteiger partial charge < -0.3 is 10.1 Å². The van der Waals surface area contributed by atoms with Crippen LogP contribution in [-0.4, -0.2) is 13.2 Å². The maximum atomic E-state index is 13.9. The zero-order valence-electron chi connectivity index (χ0n) is 13.0. The number of benzene rings is 2. The number of nitrogens with one attached hydrogen (secondary N) is 1. The fourth-order valence-electron chi connectivity index (χ4n) is 2.26. The first kappa shape index (κ1) is 15.5. The van der Waals surface area contributed by atoms with Crippen molar-refractivity contribution in [3.8, 4) is 16.9 Å². The molecule has 2 nitrogen and oxygen atoms in total. The Bertz CT molecular complexity index is 623. The van der Waals surface area contributed by atoms with Gasteiger partial charge in [-0.05, 0) is 47.9 Å². The first-order valence-electron chi connectivity index (χ1n) is 7.18. The molecule has 0 aromatic heterocycles. The molecule has 0 bridgehead atoms. The van der Waals surface area contributed by atoms with E-state index in [-0.39, 0.29) is 5.82 Å². The summed E-state index contributed by atoms with van der Waals surface area (Å²) in [4.78, 5) is 0. The first-order valence-corrected chi connectivity index (χ1v) is 7.18. The number of aryl methyl sites for hydroxylation is 1. The Balaban J connectivity index is 2.31. The summed E-state index contributed by atoms with van der Waals surface area (Å²) >= 11 is 0. The van der Waals surface area contributed by atoms with Crippen molar-refractivity contribution in [2.45, 2.75) is 33.4 Å². The third-order valence-electron chi connectivity index (χ3n) is 3.47. The van der Waals surface area contributed by atoms with Crippen molar-refractivity contribution in [1.29, 1.82) is 0 Å². The average molecular weight is 287 g/mol. The maximum Gasteiger partial charge on any atom is 0.127 e. The lowest BCUT2D eigenvalue weighted by atomic mass is 10.0. The minimum absolute atomic E-state index is 0.169. The van der Waals surface area contributed by atoms with Gasteiger partial charge in [0.2, 0.25) is 0 Å². The topological polar surface area (TPSA) is 21.3 Å². The van der Waals surface area contributed by atoms with Crippen molar-refractivity contribution < 1.29 is 9.13 Å². The van der Waals surface area contributed by atoms with Crippen LogP contribution in [0.15, 0.2) is 36.4 Å². The Labute approximate surface area is 126 Å². The predicted octanol–water partition coefficient (Wildman–Crippen LogP) is 4.31. The molecule has 1 N–H and O–H groups in total. The van der Waals surface area contributed by atoms with E-state index in [1.165, 1.54) is 6.07 Å². The zero-order chi connectivity index (χ0) is 15.4. The summed E-state index contributed by atoms with van der Waals surface area (Å²) in [6, 6.07) is 11.6. The highest BCUT2D eigenvalue weighted by Gasteiger charge is 2.07. The third kappa shape index (κ3) is 3.82. The number of methoxy groups -OCH3 is 1. The van der Waals surface area contributed by atoms with Crippen molar-refractivity contribution in [3.63, 3.8) is 0 Å². The normalized spacial score (nSPS) is 11.0. The van der Waals surface area contributed by atoms with Crippen LogP contribution in [0.25, 0.3) is 11.1 Å². The summed E-state index contributed by atoms with van der Waals surface area (Å²) < 4.78 is 19.1. The summed E-state index contributed by atoms with van der Waals surface area (Å²) in [5.41, 5.74) is 3.85. The molecule has 2 aromatic rings. The van der Waals surface area contributed by atoms with Gasteiger partial charge in [-0.1, -0.05) is 26.0 Å². The minimum atomic E-state index is -0.169. The Morgan fingerprint density at radius 1 is 1.10 bits per heavy atom. The molecule has 21 heavy (non-hydrogen) atoms. The van der Waals surface area contributed by atoms with Gasteiger partial charge in [-0.3, -0.25) is 0 Å². The van der Waals surface area contributed by atoms with Crippen LogP contribution in [-0.2, 0) is 6.54 Å². The molecule has 0 aliphatic rings. The molecule has 0 saturated heterocycles. The molecule has 0 atom stereocenters. The van der Waals surface area contributed by atoms with Crippen LogP contribution >= 0.6 is 0 Å². The molecule has 2 rings (SSSR count). The largest absolute Gasteiger partial charge is 0.496 e. The molecule has 0 spiro atoms. The number of hydrogen-bond donors (Lipinski definition) is 1. The van der Waals surface area contributed by atoms with Gasteiger partial charge in [0.1, 0.15) is 11.6 Å². The molecule has 0 fully saturated rings. The Hall–Kier alpha value is -1.87. The Morgan fingerprint density at radius 3 is 2.38 bits per heavy atom. The van der Waals surface area contributed by atoms with Gasteiger partial charge in [-0.25, -0.2) is 4.39 Å². The van der Waals surface area contributed by atoms with Crippen molar-refractivity contribution in [3.05, 3.63) is 53.3 Å². The van der Waals surface area contributed by atoms with Crippen molar-refractivity contribution >= 4 is 0 Å². The monoisotopic (exact) mass is 287 g/mol. The maximum absolute atomic E-state index is 13.9. The highest BCUT2D eigenvalue weighted by molar-refractivity contribution is 5.66. The number of hydrogen-bond acceptors (Lipinski definition) is 2. The van der Waals surface area contributed by atoms with Gasteiger partial charge in [0.15, 0.2) is 0 Å². The fourth-order valence-corrected chi connectivity index (χ4v) is 2.26. The van der Waals surface area contributed by atoms with Gasteiger partial charge in [-0.15, -0.1) is 0 Å². The molecule has 0 radical (unpaired) electrons. The lowest BCUT2D eigenvalue weighted by molar-refractivity contribution is 0.412. The van der Waals surface area contributed by atoms with E-state index in [1.54, 1.807) is 7.11 Å². The second-order valence-electron chi connectivity index (χ2n) is 5.53. The molecule has 2 aromatic carbocycles. The van der Waals surface area contributed by atoms with Gasteiger partial charge in [0.05, 0.1) is 7.11 Å². The van der Waals surface area contributed by atoms with E-state index >= 15 is 0 Å². The smallest absolute Gasteiger partial charge is 0.127 e. The molecule has 112 valence electrons. The van der Waals surface area contributed by atoms with E-state index in [1.807, 2.05) is 31.2 Å². The second kappa shape index (κ2) is 6.72. The molecule has 0 aliphatic carbocycles. The first-order chi connectivity index (χ1) is 10.0. The lowest BCUT2D eigenvalue weighted by Crippen LogP contribution is -2.22. The van der Waals surface area contributed by atoms with Gasteiger partial charge in [0, 0.05) is 18.2 Å². The third-order valence-corrected chi connectivity index (χ3v) is 3.47. The Kier molecular flexibility index (Phi) is 4.97. The summed E-state index contributed by atoms with van der Waals surface area (Å²) in [5, 5.41) is 3.25. The van der Waals surface area contributed by atoms with E-state index in [2.05, 4.69) is 25.2 Å². The van der Waals surface area contributed by atoms with Crippen LogP contribution in [0.4, 0.5) is 4.39 Å². The van der Waals surface area contributed by atoms with Crippen LogP contribution in [0.2, 0.25) is 0 Å². The standard InChI is InChI=1S/C18H22FNO/c1-12(2)20-11-16-10-15(5-7-17(16)19)14-6-8-18(21-4)13(3)9-14/h5-10,12,20H,11H2,1-4H3. The highest BCUT2D eigenvalue weighted by atomic mass is 19.1. The quantitative estimate of drug-likeness (QED) is 0.885. The Morgan fingerprint density at radius 2 is 1.76 bits per heavy atom. The van der Waals surface area contributed by atoms with Crippen molar-refractivity contribution in [1.82, 2.24) is 5.32 Å². The molecule has 3 heteroatoms. The molecule has 0 heterocycles. The van der Waals surface area contributed by atoms with Crippen LogP contribution in [0.3, 0.4) is 0 Å². The van der Waals surface area contributed by atoms with Gasteiger partial charge in [-0.2, -0.15) is 0 Å². The summed E-state index contributed by atoms with van der Waals surface area (Å²) in [6.07, 6.45) is 0. The lowest BCUT2D eigenvalue weighted by Gasteiger charge is -2.12. The zero-order valence-corrected chi connectivity index (χ0v) is 13.0. The van der Waals surface area contributed by atoms with Crippen LogP contribution in [0, 0.1) is 12.7 Å². The number of ether oxygens (including phenoxy) is 1. The highest BCUT2D eigenvalue weighted by Crippen LogP contribution is 2.27. The van der Waals surface area contributed by atoms with E-state index in [9.17, 15) is 4.39 Å². The fraction of sp³-hybridized carbons (Fsp3) is 0.333. The SMILES string of the molecule is COc1ccc(-c2ccc(F)c(CNC(C)C)c2)cc1C. The summed E-state index contributed by atoms with van der Waals surface area (Å²) in [6.45, 7) is 6.64. The second-order valence-corrected chi connectivity index (χ2v) is 5.53. The summed E-state index contributed by atoms with van der Waals surface area (Å²) in [7, 11) is 1.66.